The van der Waals surface area contributed by atoms with E-state index in [2.05, 4.69) is 0 Å². The van der Waals surface area contributed by atoms with Crippen LogP contribution in [-0.2, 0) is 13.6 Å². The van der Waals surface area contributed by atoms with Gasteiger partial charge in [0.05, 0.1) is 18.2 Å². The summed E-state index contributed by atoms with van der Waals surface area (Å²) in [6.07, 6.45) is 0. The molecule has 0 aliphatic rings. The maximum Gasteiger partial charge on any atom is 0.355 e. The van der Waals surface area contributed by atoms with E-state index in [-0.39, 0.29) is 0 Å². The zero-order chi connectivity index (χ0) is 12.7. The molecule has 0 amide bonds. The van der Waals surface area contributed by atoms with Gasteiger partial charge < -0.3 is 9.05 Å². The molecule has 0 aromatic heterocycles. The van der Waals surface area contributed by atoms with Crippen molar-refractivity contribution in [3.05, 3.63) is 41.7 Å². The van der Waals surface area contributed by atoms with Gasteiger partial charge in [-0.1, -0.05) is 41.9 Å². The molecule has 1 aromatic carbocycles. The van der Waals surface area contributed by atoms with Gasteiger partial charge in [0.25, 0.3) is 0 Å². The SMILES string of the molecule is CCOP(=O)(/C=C(/Cl)c1ccccc1)OCC. The first kappa shape index (κ1) is 14.5. The van der Waals surface area contributed by atoms with E-state index >= 15 is 0 Å². The van der Waals surface area contributed by atoms with Crippen molar-refractivity contribution in [2.45, 2.75) is 13.8 Å². The molecule has 0 heterocycles. The lowest BCUT2D eigenvalue weighted by atomic mass is 10.2. The fraction of sp³-hybridized carbons (Fsp3) is 0.333. The number of hydrogen-bond donors (Lipinski definition) is 0. The highest BCUT2D eigenvalue weighted by atomic mass is 35.5. The van der Waals surface area contributed by atoms with E-state index in [1.165, 1.54) is 5.82 Å². The standard InChI is InChI=1S/C12H16ClO3P/c1-3-15-17(14,16-4-2)10-12(13)11-8-6-5-7-9-11/h5-10H,3-4H2,1-2H3/b12-10+. The van der Waals surface area contributed by atoms with Crippen LogP contribution in [0.1, 0.15) is 19.4 Å². The summed E-state index contributed by atoms with van der Waals surface area (Å²) in [5.74, 6) is 1.36. The van der Waals surface area contributed by atoms with Gasteiger partial charge in [-0.3, -0.25) is 4.57 Å². The Morgan fingerprint density at radius 1 is 1.24 bits per heavy atom. The molecule has 0 spiro atoms. The fourth-order valence-corrected chi connectivity index (χ4v) is 3.14. The molecule has 5 heteroatoms. The van der Waals surface area contributed by atoms with Crippen molar-refractivity contribution in [3.8, 4) is 0 Å². The number of rotatable bonds is 6. The second kappa shape index (κ2) is 6.97. The minimum atomic E-state index is -3.23. The summed E-state index contributed by atoms with van der Waals surface area (Å²) in [6.45, 7) is 4.14. The molecule has 1 rings (SSSR count). The van der Waals surface area contributed by atoms with Crippen LogP contribution < -0.4 is 0 Å². The van der Waals surface area contributed by atoms with Crippen LogP contribution in [0.2, 0.25) is 0 Å². The Kier molecular flexibility index (Phi) is 5.93. The third-order valence-electron chi connectivity index (χ3n) is 1.94. The smallest absolute Gasteiger partial charge is 0.306 e. The first-order chi connectivity index (χ1) is 8.11. The van der Waals surface area contributed by atoms with Crippen LogP contribution in [0, 0.1) is 0 Å². The molecule has 0 saturated carbocycles. The maximum absolute atomic E-state index is 12.2. The summed E-state index contributed by atoms with van der Waals surface area (Å²) in [7, 11) is -3.23. The fourth-order valence-electron chi connectivity index (χ4n) is 1.28. The second-order valence-corrected chi connectivity index (χ2v) is 5.48. The Morgan fingerprint density at radius 3 is 2.24 bits per heavy atom. The lowest BCUT2D eigenvalue weighted by Gasteiger charge is -2.13. The van der Waals surface area contributed by atoms with E-state index < -0.39 is 7.60 Å². The van der Waals surface area contributed by atoms with Crippen molar-refractivity contribution in [2.75, 3.05) is 13.2 Å². The van der Waals surface area contributed by atoms with Crippen molar-refractivity contribution in [3.63, 3.8) is 0 Å². The van der Waals surface area contributed by atoms with Crippen LogP contribution in [0.25, 0.3) is 5.03 Å². The summed E-state index contributed by atoms with van der Waals surface area (Å²) in [5.41, 5.74) is 0.786. The van der Waals surface area contributed by atoms with E-state index in [4.69, 9.17) is 20.6 Å². The molecule has 0 aliphatic carbocycles. The molecule has 0 unspecified atom stereocenters. The van der Waals surface area contributed by atoms with E-state index in [0.29, 0.717) is 18.2 Å². The first-order valence-electron chi connectivity index (χ1n) is 5.44. The average Bonchev–Trinajstić information content (AvgIpc) is 2.30. The summed E-state index contributed by atoms with van der Waals surface area (Å²) < 4.78 is 22.5. The van der Waals surface area contributed by atoms with Crippen molar-refractivity contribution < 1.29 is 13.6 Å². The molecule has 0 bridgehead atoms. The minimum Gasteiger partial charge on any atom is -0.306 e. The average molecular weight is 275 g/mol. The molecule has 0 saturated heterocycles. The van der Waals surface area contributed by atoms with Crippen molar-refractivity contribution >= 4 is 24.2 Å². The highest BCUT2D eigenvalue weighted by molar-refractivity contribution is 7.57. The molecule has 1 aromatic rings. The van der Waals surface area contributed by atoms with Gasteiger partial charge in [-0.05, 0) is 19.4 Å². The third-order valence-corrected chi connectivity index (χ3v) is 4.23. The van der Waals surface area contributed by atoms with Crippen LogP contribution in [0.3, 0.4) is 0 Å². The minimum absolute atomic E-state index is 0.312. The molecule has 0 radical (unpaired) electrons. The Hall–Kier alpha value is -0.600. The molecule has 0 aliphatic heterocycles. The van der Waals surface area contributed by atoms with Gasteiger partial charge in [-0.25, -0.2) is 0 Å². The lowest BCUT2D eigenvalue weighted by Crippen LogP contribution is -1.93. The van der Waals surface area contributed by atoms with E-state index in [0.717, 1.165) is 5.56 Å². The van der Waals surface area contributed by atoms with Crippen LogP contribution in [0.4, 0.5) is 0 Å². The zero-order valence-electron chi connectivity index (χ0n) is 9.93. The number of benzene rings is 1. The third kappa shape index (κ3) is 4.64. The van der Waals surface area contributed by atoms with Crippen LogP contribution >= 0.6 is 19.2 Å². The second-order valence-electron chi connectivity index (χ2n) is 3.22. The number of hydrogen-bond acceptors (Lipinski definition) is 3. The van der Waals surface area contributed by atoms with E-state index in [1.807, 2.05) is 30.3 Å². The topological polar surface area (TPSA) is 35.5 Å². The Labute approximate surface area is 107 Å². The van der Waals surface area contributed by atoms with E-state index in [1.54, 1.807) is 13.8 Å². The molecule has 17 heavy (non-hydrogen) atoms. The molecule has 94 valence electrons. The Bertz CT molecular complexity index is 407. The molecule has 0 N–H and O–H groups in total. The molecular weight excluding hydrogens is 259 g/mol. The van der Waals surface area contributed by atoms with Gasteiger partial charge in [0.2, 0.25) is 0 Å². The van der Waals surface area contributed by atoms with Crippen molar-refractivity contribution in [1.29, 1.82) is 0 Å². The monoisotopic (exact) mass is 274 g/mol. The lowest BCUT2D eigenvalue weighted by molar-refractivity contribution is 0.229. The Morgan fingerprint density at radius 2 is 1.76 bits per heavy atom. The van der Waals surface area contributed by atoms with Gasteiger partial charge in [0.15, 0.2) is 0 Å². The molecule has 0 atom stereocenters. The normalized spacial score (nSPS) is 12.8. The largest absolute Gasteiger partial charge is 0.355 e. The molecule has 3 nitrogen and oxygen atoms in total. The highest BCUT2D eigenvalue weighted by Gasteiger charge is 2.21. The predicted octanol–water partition coefficient (Wildman–Crippen LogP) is 4.49. The van der Waals surface area contributed by atoms with Crippen LogP contribution in [0.15, 0.2) is 36.1 Å². The Balaban J connectivity index is 2.95. The molecular formula is C12H16ClO3P. The summed E-state index contributed by atoms with van der Waals surface area (Å²) >= 11 is 6.09. The predicted molar refractivity (Wildman–Crippen MR) is 71.1 cm³/mol. The van der Waals surface area contributed by atoms with Crippen molar-refractivity contribution in [2.24, 2.45) is 0 Å². The van der Waals surface area contributed by atoms with Gasteiger partial charge in [-0.15, -0.1) is 0 Å². The highest BCUT2D eigenvalue weighted by Crippen LogP contribution is 2.52. The van der Waals surface area contributed by atoms with E-state index in [9.17, 15) is 4.57 Å². The number of halogens is 1. The van der Waals surface area contributed by atoms with Gasteiger partial charge in [0, 0.05) is 5.82 Å². The van der Waals surface area contributed by atoms with Crippen LogP contribution in [-0.4, -0.2) is 13.2 Å². The van der Waals surface area contributed by atoms with Crippen molar-refractivity contribution in [1.82, 2.24) is 0 Å². The zero-order valence-corrected chi connectivity index (χ0v) is 11.6. The van der Waals surface area contributed by atoms with Gasteiger partial charge in [-0.2, -0.15) is 0 Å². The van der Waals surface area contributed by atoms with Gasteiger partial charge in [0.1, 0.15) is 0 Å². The summed E-state index contributed by atoms with van der Waals surface area (Å²) in [5, 5.41) is 0.371. The van der Waals surface area contributed by atoms with Crippen LogP contribution in [0.5, 0.6) is 0 Å². The van der Waals surface area contributed by atoms with Gasteiger partial charge >= 0.3 is 7.60 Å². The summed E-state index contributed by atoms with van der Waals surface area (Å²) in [6, 6.07) is 9.27. The first-order valence-corrected chi connectivity index (χ1v) is 7.43. The summed E-state index contributed by atoms with van der Waals surface area (Å²) in [4.78, 5) is 0. The maximum atomic E-state index is 12.2. The molecule has 0 fully saturated rings. The quantitative estimate of drug-likeness (QED) is 0.717.